The molecule has 1 aliphatic carbocycles. The number of nitrogens with zero attached hydrogens (tertiary/aromatic N) is 2. The third-order valence-electron chi connectivity index (χ3n) is 7.29. The molecule has 0 fully saturated rings. The van der Waals surface area contributed by atoms with Gasteiger partial charge >= 0.3 is 6.03 Å². The Bertz CT molecular complexity index is 1410. The van der Waals surface area contributed by atoms with Crippen molar-refractivity contribution in [3.05, 3.63) is 94.1 Å². The van der Waals surface area contributed by atoms with Crippen molar-refractivity contribution in [1.82, 2.24) is 9.47 Å². The van der Waals surface area contributed by atoms with Crippen LogP contribution in [0.3, 0.4) is 0 Å². The molecule has 4 aromatic rings. The maximum Gasteiger partial charge on any atom is 0.322 e. The van der Waals surface area contributed by atoms with Crippen molar-refractivity contribution in [2.75, 3.05) is 18.2 Å². The summed E-state index contributed by atoms with van der Waals surface area (Å²) in [4.78, 5) is 18.8. The number of hydrogen-bond acceptors (Lipinski definition) is 4. The molecule has 7 heteroatoms. The average molecular weight is 530 g/mol. The molecule has 1 N–H and O–H groups in total. The Balaban J connectivity index is 1.43. The highest BCUT2D eigenvalue weighted by Gasteiger charge is 2.36. The molecular weight excluding hydrogens is 498 g/mol. The largest absolute Gasteiger partial charge is 0.494 e. The Labute approximate surface area is 226 Å². The predicted molar refractivity (Wildman–Crippen MR) is 153 cm³/mol. The van der Waals surface area contributed by atoms with Crippen LogP contribution in [0.2, 0.25) is 0 Å². The number of hydrogen-bond donors (Lipinski definition) is 1. The minimum atomic E-state index is -0.201. The number of benzene rings is 2. The SMILES string of the molecule is CCOc1ccc(NC(=O)N2Cc3c(sc4c3CCCC4)-n3cccc3[C@@H]2c2ccc(SC)cc2)cc1. The van der Waals surface area contributed by atoms with E-state index in [-0.39, 0.29) is 12.1 Å². The van der Waals surface area contributed by atoms with Crippen molar-refractivity contribution >= 4 is 34.8 Å². The number of thiophene rings is 1. The van der Waals surface area contributed by atoms with Crippen LogP contribution in [0.25, 0.3) is 5.00 Å². The summed E-state index contributed by atoms with van der Waals surface area (Å²) in [5, 5.41) is 4.45. The van der Waals surface area contributed by atoms with Crippen molar-refractivity contribution in [2.45, 2.75) is 50.1 Å². The number of anilines is 1. The number of carbonyl (C=O) groups is 1. The topological polar surface area (TPSA) is 46.5 Å². The van der Waals surface area contributed by atoms with Crippen LogP contribution in [-0.4, -0.2) is 28.4 Å². The van der Waals surface area contributed by atoms with E-state index in [0.29, 0.717) is 13.2 Å². The number of carbonyl (C=O) groups excluding carboxylic acids is 1. The highest BCUT2D eigenvalue weighted by atomic mass is 32.2. The lowest BCUT2D eigenvalue weighted by Gasteiger charge is -2.31. The fourth-order valence-corrected chi connectivity index (χ4v) is 7.33. The normalized spacial score (nSPS) is 16.4. The third-order valence-corrected chi connectivity index (χ3v) is 9.36. The van der Waals surface area contributed by atoms with Crippen LogP contribution < -0.4 is 10.1 Å². The predicted octanol–water partition coefficient (Wildman–Crippen LogP) is 7.68. The Morgan fingerprint density at radius 2 is 1.84 bits per heavy atom. The number of urea groups is 1. The van der Waals surface area contributed by atoms with Crippen molar-refractivity contribution in [1.29, 1.82) is 0 Å². The molecule has 37 heavy (non-hydrogen) atoms. The summed E-state index contributed by atoms with van der Waals surface area (Å²) >= 11 is 3.64. The fraction of sp³-hybridized carbons (Fsp3) is 0.300. The summed E-state index contributed by atoms with van der Waals surface area (Å²) in [7, 11) is 0. The van der Waals surface area contributed by atoms with Gasteiger partial charge in [-0.25, -0.2) is 4.79 Å². The number of rotatable bonds is 5. The summed E-state index contributed by atoms with van der Waals surface area (Å²) < 4.78 is 7.91. The van der Waals surface area contributed by atoms with Gasteiger partial charge in [-0.1, -0.05) is 12.1 Å². The fourth-order valence-electron chi connectivity index (χ4n) is 5.52. The first-order valence-electron chi connectivity index (χ1n) is 12.9. The van der Waals surface area contributed by atoms with Gasteiger partial charge in [-0.2, -0.15) is 0 Å². The van der Waals surface area contributed by atoms with Gasteiger partial charge in [-0.3, -0.25) is 0 Å². The van der Waals surface area contributed by atoms with E-state index in [1.54, 1.807) is 11.8 Å². The number of nitrogens with one attached hydrogen (secondary N) is 1. The second-order valence-corrected chi connectivity index (χ2v) is 11.5. The molecule has 0 unspecified atom stereocenters. The van der Waals surface area contributed by atoms with E-state index in [0.717, 1.165) is 35.5 Å². The van der Waals surface area contributed by atoms with Gasteiger partial charge < -0.3 is 19.5 Å². The molecule has 0 saturated heterocycles. The lowest BCUT2D eigenvalue weighted by atomic mass is 9.95. The van der Waals surface area contributed by atoms with E-state index >= 15 is 0 Å². The van der Waals surface area contributed by atoms with Gasteiger partial charge in [0.2, 0.25) is 0 Å². The van der Waals surface area contributed by atoms with Crippen molar-refractivity contribution < 1.29 is 9.53 Å². The third kappa shape index (κ3) is 4.55. The summed E-state index contributed by atoms with van der Waals surface area (Å²) in [6, 6.07) is 20.2. The number of thioether (sulfide) groups is 1. The van der Waals surface area contributed by atoms with Gasteiger partial charge in [0.1, 0.15) is 10.8 Å². The number of aryl methyl sites for hydroxylation is 1. The van der Waals surface area contributed by atoms with Crippen LogP contribution >= 0.6 is 23.1 Å². The lowest BCUT2D eigenvalue weighted by Crippen LogP contribution is -2.38. The zero-order chi connectivity index (χ0) is 25.4. The van der Waals surface area contributed by atoms with Crippen molar-refractivity contribution in [3.8, 4) is 10.8 Å². The standard InChI is InChI=1S/C30H31N3O2S2/c1-3-35-22-14-12-21(13-15-22)31-30(34)33-19-25-24-7-4-5-9-27(24)37-29(25)32-18-6-8-26(32)28(33)20-10-16-23(36-2)17-11-20/h6,8,10-18,28H,3-5,7,9,19H2,1-2H3,(H,31,34)/t28-/m0/s1. The molecule has 0 spiro atoms. The minimum absolute atomic E-state index is 0.0977. The van der Waals surface area contributed by atoms with E-state index in [9.17, 15) is 4.79 Å². The molecule has 0 radical (unpaired) electrons. The van der Waals surface area contributed by atoms with Crippen LogP contribution in [0.15, 0.2) is 71.8 Å². The second-order valence-electron chi connectivity index (χ2n) is 9.49. The van der Waals surface area contributed by atoms with Crippen LogP contribution in [-0.2, 0) is 19.4 Å². The van der Waals surface area contributed by atoms with Crippen molar-refractivity contribution in [2.24, 2.45) is 0 Å². The average Bonchev–Trinajstić information content (AvgIpc) is 3.52. The van der Waals surface area contributed by atoms with E-state index in [1.165, 1.54) is 38.7 Å². The molecule has 6 rings (SSSR count). The van der Waals surface area contributed by atoms with Crippen LogP contribution in [0.4, 0.5) is 10.5 Å². The molecule has 2 aromatic heterocycles. The van der Waals surface area contributed by atoms with Crippen LogP contribution in [0, 0.1) is 0 Å². The molecular formula is C30H31N3O2S2. The monoisotopic (exact) mass is 529 g/mol. The Morgan fingerprint density at radius 1 is 1.05 bits per heavy atom. The summed E-state index contributed by atoms with van der Waals surface area (Å²) in [5.41, 5.74) is 5.77. The Morgan fingerprint density at radius 3 is 2.59 bits per heavy atom. The van der Waals surface area contributed by atoms with Gasteiger partial charge in [0, 0.05) is 27.2 Å². The molecule has 5 nitrogen and oxygen atoms in total. The Kier molecular flexibility index (Phi) is 6.74. The smallest absolute Gasteiger partial charge is 0.322 e. The van der Waals surface area contributed by atoms with E-state index in [1.807, 2.05) is 47.4 Å². The van der Waals surface area contributed by atoms with E-state index in [4.69, 9.17) is 4.74 Å². The van der Waals surface area contributed by atoms with Gasteiger partial charge in [-0.05, 0) is 98.5 Å². The maximum atomic E-state index is 14.0. The molecule has 190 valence electrons. The number of fused-ring (bicyclic) bond motifs is 5. The zero-order valence-corrected chi connectivity index (χ0v) is 22.8. The van der Waals surface area contributed by atoms with Gasteiger partial charge in [-0.15, -0.1) is 23.1 Å². The molecule has 0 bridgehead atoms. The molecule has 1 aliphatic heterocycles. The molecule has 2 aliphatic rings. The molecule has 0 saturated carbocycles. The minimum Gasteiger partial charge on any atom is -0.494 e. The highest BCUT2D eigenvalue weighted by Crippen LogP contribution is 2.44. The first-order chi connectivity index (χ1) is 18.2. The molecule has 3 heterocycles. The summed E-state index contributed by atoms with van der Waals surface area (Å²) in [6.45, 7) is 3.16. The van der Waals surface area contributed by atoms with Crippen LogP contribution in [0.5, 0.6) is 5.75 Å². The summed E-state index contributed by atoms with van der Waals surface area (Å²) in [5.74, 6) is 0.800. The Hall–Kier alpha value is -3.16. The van der Waals surface area contributed by atoms with Gasteiger partial charge in [0.25, 0.3) is 0 Å². The van der Waals surface area contributed by atoms with Crippen LogP contribution in [0.1, 0.15) is 53.1 Å². The molecule has 2 aromatic carbocycles. The van der Waals surface area contributed by atoms with E-state index < -0.39 is 0 Å². The first-order valence-corrected chi connectivity index (χ1v) is 15.0. The lowest BCUT2D eigenvalue weighted by molar-refractivity contribution is 0.194. The molecule has 2 amide bonds. The quantitative estimate of drug-likeness (QED) is 0.270. The number of ether oxygens (including phenoxy) is 1. The zero-order valence-electron chi connectivity index (χ0n) is 21.2. The van der Waals surface area contributed by atoms with E-state index in [2.05, 4.69) is 58.7 Å². The summed E-state index contributed by atoms with van der Waals surface area (Å²) in [6.07, 6.45) is 8.95. The number of aromatic nitrogens is 1. The second kappa shape index (κ2) is 10.3. The van der Waals surface area contributed by atoms with Gasteiger partial charge in [0.15, 0.2) is 0 Å². The molecule has 1 atom stereocenters. The highest BCUT2D eigenvalue weighted by molar-refractivity contribution is 7.98. The van der Waals surface area contributed by atoms with Gasteiger partial charge in [0.05, 0.1) is 24.9 Å². The maximum absolute atomic E-state index is 14.0. The van der Waals surface area contributed by atoms with Crippen molar-refractivity contribution in [3.63, 3.8) is 0 Å². The first kappa shape index (κ1) is 24.2. The number of amides is 2.